The molecule has 2 N–H and O–H groups in total. The molecule has 0 unspecified atom stereocenters. The van der Waals surface area contributed by atoms with Gasteiger partial charge >= 0.3 is 0 Å². The molecule has 0 atom stereocenters. The highest BCUT2D eigenvalue weighted by atomic mass is 32.1. The van der Waals surface area contributed by atoms with Crippen molar-refractivity contribution >= 4 is 27.5 Å². The number of fused-ring (bicyclic) bond motifs is 1. The first kappa shape index (κ1) is 16.9. The van der Waals surface area contributed by atoms with E-state index in [1.165, 1.54) is 34.3 Å². The number of hydrogen-bond acceptors (Lipinski definition) is 6. The maximum Gasteiger partial charge on any atom is 0.274 e. The van der Waals surface area contributed by atoms with E-state index in [0.29, 0.717) is 21.9 Å². The van der Waals surface area contributed by atoms with Crippen molar-refractivity contribution in [1.29, 1.82) is 0 Å². The number of rotatable bonds is 3. The minimum Gasteiger partial charge on any atom is -0.318 e. The third kappa shape index (κ3) is 3.06. The smallest absolute Gasteiger partial charge is 0.274 e. The molecular formula is C17H15N7O2S. The number of benzene rings is 1. The summed E-state index contributed by atoms with van der Waals surface area (Å²) in [5.41, 5.74) is 4.27. The van der Waals surface area contributed by atoms with Crippen LogP contribution in [0.25, 0.3) is 16.0 Å². The minimum atomic E-state index is -0.374. The SMILES string of the molecule is Cc1c(C(=O)N/N=c2\sc3ccccc3n2C)cnn1-c1ccc(=O)[nH]n1. The molecule has 0 bridgehead atoms. The van der Waals surface area contributed by atoms with Crippen LogP contribution in [-0.2, 0) is 7.05 Å². The van der Waals surface area contributed by atoms with Crippen molar-refractivity contribution in [3.05, 3.63) is 69.0 Å². The topological polar surface area (TPSA) is 110 Å². The molecule has 0 saturated heterocycles. The van der Waals surface area contributed by atoms with E-state index in [-0.39, 0.29) is 11.5 Å². The lowest BCUT2D eigenvalue weighted by Crippen LogP contribution is -2.23. The molecule has 4 aromatic rings. The molecule has 0 aliphatic heterocycles. The number of H-pyrrole nitrogens is 1. The van der Waals surface area contributed by atoms with Gasteiger partial charge in [0.15, 0.2) is 5.82 Å². The van der Waals surface area contributed by atoms with Crippen LogP contribution in [0.15, 0.2) is 52.5 Å². The second kappa shape index (κ2) is 6.65. The Balaban J connectivity index is 1.63. The zero-order chi connectivity index (χ0) is 19.0. The van der Waals surface area contributed by atoms with Gasteiger partial charge in [0.25, 0.3) is 11.5 Å². The van der Waals surface area contributed by atoms with Crippen LogP contribution in [-0.4, -0.2) is 30.5 Å². The van der Waals surface area contributed by atoms with Gasteiger partial charge in [0.05, 0.1) is 27.7 Å². The predicted molar refractivity (Wildman–Crippen MR) is 101 cm³/mol. The summed E-state index contributed by atoms with van der Waals surface area (Å²) in [6, 6.07) is 10.8. The van der Waals surface area contributed by atoms with Crippen LogP contribution in [0, 0.1) is 6.92 Å². The van der Waals surface area contributed by atoms with Crippen molar-refractivity contribution in [2.75, 3.05) is 0 Å². The highest BCUT2D eigenvalue weighted by Crippen LogP contribution is 2.15. The average molecular weight is 381 g/mol. The van der Waals surface area contributed by atoms with Gasteiger partial charge in [-0.1, -0.05) is 23.5 Å². The fourth-order valence-corrected chi connectivity index (χ4v) is 3.65. The molecule has 10 heteroatoms. The normalized spacial score (nSPS) is 11.9. The third-order valence-electron chi connectivity index (χ3n) is 4.10. The van der Waals surface area contributed by atoms with E-state index in [1.807, 2.05) is 35.9 Å². The molecule has 1 aromatic carbocycles. The highest BCUT2D eigenvalue weighted by Gasteiger charge is 2.15. The summed E-state index contributed by atoms with van der Waals surface area (Å²) in [6.07, 6.45) is 1.44. The van der Waals surface area contributed by atoms with E-state index in [0.717, 1.165) is 10.2 Å². The number of nitrogens with one attached hydrogen (secondary N) is 2. The number of nitrogens with zero attached hydrogens (tertiary/aromatic N) is 5. The largest absolute Gasteiger partial charge is 0.318 e. The monoisotopic (exact) mass is 381 g/mol. The number of carbonyl (C=O) groups excluding carboxylic acids is 1. The molecule has 1 amide bonds. The van der Waals surface area contributed by atoms with Crippen molar-refractivity contribution in [3.63, 3.8) is 0 Å². The van der Waals surface area contributed by atoms with Crippen LogP contribution < -0.4 is 15.8 Å². The molecule has 0 aliphatic rings. The summed E-state index contributed by atoms with van der Waals surface area (Å²) in [6.45, 7) is 1.74. The Hall–Kier alpha value is -3.53. The van der Waals surface area contributed by atoms with Crippen LogP contribution in [0.2, 0.25) is 0 Å². The molecule has 27 heavy (non-hydrogen) atoms. The lowest BCUT2D eigenvalue weighted by atomic mass is 10.2. The Labute approximate surface area is 156 Å². The molecule has 4 rings (SSSR count). The van der Waals surface area contributed by atoms with E-state index in [2.05, 4.69) is 25.8 Å². The van der Waals surface area contributed by atoms with Gasteiger partial charge in [-0.2, -0.15) is 10.2 Å². The summed E-state index contributed by atoms with van der Waals surface area (Å²) >= 11 is 1.49. The molecule has 0 radical (unpaired) electrons. The first-order chi connectivity index (χ1) is 13.0. The maximum absolute atomic E-state index is 12.5. The average Bonchev–Trinajstić information content (AvgIpc) is 3.21. The van der Waals surface area contributed by atoms with Gasteiger partial charge in [0.2, 0.25) is 4.80 Å². The molecule has 9 nitrogen and oxygen atoms in total. The van der Waals surface area contributed by atoms with Crippen LogP contribution in [0.1, 0.15) is 16.1 Å². The number of aryl methyl sites for hydroxylation is 1. The lowest BCUT2D eigenvalue weighted by Gasteiger charge is -2.03. The summed E-state index contributed by atoms with van der Waals surface area (Å²) in [4.78, 5) is 24.3. The molecule has 0 fully saturated rings. The number of aromatic nitrogens is 5. The molecule has 136 valence electrons. The van der Waals surface area contributed by atoms with Crippen LogP contribution >= 0.6 is 11.3 Å². The van der Waals surface area contributed by atoms with E-state index >= 15 is 0 Å². The van der Waals surface area contributed by atoms with E-state index in [4.69, 9.17) is 0 Å². The van der Waals surface area contributed by atoms with E-state index < -0.39 is 0 Å². The van der Waals surface area contributed by atoms with Gasteiger partial charge in [0.1, 0.15) is 0 Å². The molecule has 3 aromatic heterocycles. The Morgan fingerprint density at radius 2 is 2.07 bits per heavy atom. The van der Waals surface area contributed by atoms with Gasteiger partial charge in [-0.05, 0) is 25.1 Å². The summed E-state index contributed by atoms with van der Waals surface area (Å²) < 4.78 is 4.48. The molecule has 0 aliphatic carbocycles. The zero-order valence-corrected chi connectivity index (χ0v) is 15.3. The minimum absolute atomic E-state index is 0.309. The molecular weight excluding hydrogens is 366 g/mol. The van der Waals surface area contributed by atoms with Crippen molar-refractivity contribution < 1.29 is 4.79 Å². The van der Waals surface area contributed by atoms with Crippen molar-refractivity contribution in [1.82, 2.24) is 30.0 Å². The summed E-state index contributed by atoms with van der Waals surface area (Å²) in [5, 5.41) is 14.7. The predicted octanol–water partition coefficient (Wildman–Crippen LogP) is 1.06. The second-order valence-corrected chi connectivity index (χ2v) is 6.81. The molecule has 0 saturated carbocycles. The molecule has 0 spiro atoms. The number of hydrogen-bond donors (Lipinski definition) is 2. The van der Waals surface area contributed by atoms with Crippen LogP contribution in [0.3, 0.4) is 0 Å². The first-order valence-corrected chi connectivity index (χ1v) is 8.85. The Morgan fingerprint density at radius 3 is 2.81 bits per heavy atom. The number of para-hydroxylation sites is 1. The fourth-order valence-electron chi connectivity index (χ4n) is 2.67. The van der Waals surface area contributed by atoms with Crippen LogP contribution in [0.4, 0.5) is 0 Å². The van der Waals surface area contributed by atoms with E-state index in [9.17, 15) is 9.59 Å². The van der Waals surface area contributed by atoms with Crippen LogP contribution in [0.5, 0.6) is 0 Å². The number of thiazole rings is 1. The standard InChI is InChI=1S/C17H15N7O2S/c1-10-11(9-18-24(10)14-7-8-15(25)20-19-14)16(26)21-22-17-23(2)12-5-3-4-6-13(12)27-17/h3-9H,1-2H3,(H,20,25)(H,21,26)/b22-17-. The fraction of sp³-hybridized carbons (Fsp3) is 0.118. The number of carbonyl (C=O) groups is 1. The van der Waals surface area contributed by atoms with Gasteiger partial charge in [0, 0.05) is 13.1 Å². The first-order valence-electron chi connectivity index (χ1n) is 8.04. The van der Waals surface area contributed by atoms with E-state index in [1.54, 1.807) is 6.92 Å². The molecule has 3 heterocycles. The Kier molecular flexibility index (Phi) is 4.16. The van der Waals surface area contributed by atoms with Gasteiger partial charge in [-0.15, -0.1) is 5.10 Å². The van der Waals surface area contributed by atoms with Gasteiger partial charge in [-0.25, -0.2) is 15.2 Å². The number of amides is 1. The summed E-state index contributed by atoms with van der Waals surface area (Å²) in [7, 11) is 1.90. The van der Waals surface area contributed by atoms with Crippen molar-refractivity contribution in [2.24, 2.45) is 12.1 Å². The lowest BCUT2D eigenvalue weighted by molar-refractivity contribution is 0.0952. The van der Waals surface area contributed by atoms with Crippen molar-refractivity contribution in [2.45, 2.75) is 6.92 Å². The zero-order valence-electron chi connectivity index (χ0n) is 14.5. The Morgan fingerprint density at radius 1 is 1.26 bits per heavy atom. The quantitative estimate of drug-likeness (QED) is 0.517. The number of aromatic amines is 1. The van der Waals surface area contributed by atoms with Gasteiger partial charge < -0.3 is 4.57 Å². The second-order valence-electron chi connectivity index (χ2n) is 5.80. The Bertz CT molecular complexity index is 1260. The highest BCUT2D eigenvalue weighted by molar-refractivity contribution is 7.16. The third-order valence-corrected chi connectivity index (χ3v) is 5.22. The van der Waals surface area contributed by atoms with Gasteiger partial charge in [-0.3, -0.25) is 9.59 Å². The maximum atomic E-state index is 12.5. The van der Waals surface area contributed by atoms with Crippen molar-refractivity contribution in [3.8, 4) is 5.82 Å². The summed E-state index contributed by atoms with van der Waals surface area (Å²) in [5.74, 6) is 0.0413.